The summed E-state index contributed by atoms with van der Waals surface area (Å²) in [6.45, 7) is 4.23. The molecule has 1 aromatic heterocycles. The van der Waals surface area contributed by atoms with Crippen molar-refractivity contribution in [2.24, 2.45) is 11.8 Å². The zero-order valence-electron chi connectivity index (χ0n) is 16.1. The van der Waals surface area contributed by atoms with Crippen LogP contribution in [0.4, 0.5) is 8.78 Å². The third-order valence-electron chi connectivity index (χ3n) is 5.85. The summed E-state index contributed by atoms with van der Waals surface area (Å²) < 4.78 is 29.6. The van der Waals surface area contributed by atoms with Gasteiger partial charge >= 0.3 is 0 Å². The molecule has 2 aliphatic rings. The molecular formula is C20H30F2N2O2S. The van der Waals surface area contributed by atoms with Crippen molar-refractivity contribution in [2.75, 3.05) is 19.7 Å². The minimum absolute atomic E-state index is 0.377. The fraction of sp³-hybridized carbons (Fsp3) is 0.800. The molecule has 1 saturated carbocycles. The van der Waals surface area contributed by atoms with Gasteiger partial charge in [-0.15, -0.1) is 0 Å². The summed E-state index contributed by atoms with van der Waals surface area (Å²) in [7, 11) is 0. The van der Waals surface area contributed by atoms with Crippen molar-refractivity contribution in [3.63, 3.8) is 0 Å². The lowest BCUT2D eigenvalue weighted by molar-refractivity contribution is -0.119. The molecule has 2 heterocycles. The van der Waals surface area contributed by atoms with Gasteiger partial charge in [0, 0.05) is 30.8 Å². The summed E-state index contributed by atoms with van der Waals surface area (Å²) in [6, 6.07) is 0. The Hall–Kier alpha value is -1.08. The van der Waals surface area contributed by atoms with E-state index >= 15 is 0 Å². The predicted molar refractivity (Wildman–Crippen MR) is 103 cm³/mol. The topological polar surface area (TPSA) is 42.4 Å². The van der Waals surface area contributed by atoms with Crippen LogP contribution in [0.3, 0.4) is 0 Å². The van der Waals surface area contributed by atoms with Crippen LogP contribution in [0.5, 0.6) is 5.19 Å². The third-order valence-corrected chi connectivity index (χ3v) is 6.92. The summed E-state index contributed by atoms with van der Waals surface area (Å²) in [5, 5.41) is 0.377. The highest BCUT2D eigenvalue weighted by molar-refractivity contribution is 7.13. The number of aromatic nitrogens is 1. The molecule has 1 aliphatic heterocycles. The first-order chi connectivity index (χ1) is 13.0. The molecule has 0 aromatic carbocycles. The predicted octanol–water partition coefficient (Wildman–Crippen LogP) is 4.71. The van der Waals surface area contributed by atoms with Crippen LogP contribution in [0.2, 0.25) is 0 Å². The van der Waals surface area contributed by atoms with Crippen LogP contribution in [0, 0.1) is 11.8 Å². The second-order valence-corrected chi connectivity index (χ2v) is 8.90. The van der Waals surface area contributed by atoms with Crippen LogP contribution >= 0.6 is 11.3 Å². The number of rotatable bonds is 9. The average Bonchev–Trinajstić information content (AvgIpc) is 3.08. The fourth-order valence-electron chi connectivity index (χ4n) is 4.17. The molecule has 0 atom stereocenters. The van der Waals surface area contributed by atoms with Crippen LogP contribution in [-0.2, 0) is 17.8 Å². The molecule has 0 saturated heterocycles. The Balaban J connectivity index is 1.39. The van der Waals surface area contributed by atoms with E-state index in [-0.39, 0.29) is 0 Å². The van der Waals surface area contributed by atoms with Crippen molar-refractivity contribution in [1.82, 2.24) is 9.88 Å². The van der Waals surface area contributed by atoms with E-state index in [1.54, 1.807) is 0 Å². The Morgan fingerprint density at radius 2 is 2.04 bits per heavy atom. The van der Waals surface area contributed by atoms with Gasteiger partial charge in [-0.3, -0.25) is 9.69 Å². The Bertz CT molecular complexity index is 615. The summed E-state index contributed by atoms with van der Waals surface area (Å²) in [6.07, 6.45) is 5.97. The fourth-order valence-corrected chi connectivity index (χ4v) is 5.09. The largest absolute Gasteiger partial charge is 0.464 e. The number of ether oxygens (including phenoxy) is 1. The molecule has 152 valence electrons. The lowest BCUT2D eigenvalue weighted by Gasteiger charge is -2.31. The molecule has 0 radical (unpaired) electrons. The standard InChI is InChI=1S/C20H30F2N2O2S/c1-2-16(25)11-15-5-3-14(4-6-15)7-9-24-10-8-18-17(12-24)23-20(27-18)26-13-19(21)22/h14-15,19H,2-13H2,1H3. The number of Topliss-reactive ketones (excluding diaryl/α,β-unsaturated/α-hetero) is 1. The van der Waals surface area contributed by atoms with Gasteiger partial charge in [-0.1, -0.05) is 31.1 Å². The first kappa shape index (κ1) is 20.6. The molecule has 0 bridgehead atoms. The number of carbonyl (C=O) groups is 1. The zero-order valence-corrected chi connectivity index (χ0v) is 16.9. The molecule has 1 aliphatic carbocycles. The maximum Gasteiger partial charge on any atom is 0.273 e. The number of hydrogen-bond acceptors (Lipinski definition) is 5. The molecular weight excluding hydrogens is 370 g/mol. The molecule has 27 heavy (non-hydrogen) atoms. The highest BCUT2D eigenvalue weighted by atomic mass is 32.1. The summed E-state index contributed by atoms with van der Waals surface area (Å²) in [5.74, 6) is 1.77. The molecule has 0 spiro atoms. The van der Waals surface area contributed by atoms with Gasteiger partial charge in [-0.2, -0.15) is 0 Å². The molecule has 7 heteroatoms. The highest BCUT2D eigenvalue weighted by Crippen LogP contribution is 2.34. The zero-order chi connectivity index (χ0) is 19.2. The number of ketones is 1. The van der Waals surface area contributed by atoms with E-state index in [0.29, 0.717) is 23.3 Å². The summed E-state index contributed by atoms with van der Waals surface area (Å²) in [5.41, 5.74) is 0.998. The molecule has 0 amide bonds. The maximum absolute atomic E-state index is 12.3. The van der Waals surface area contributed by atoms with Gasteiger partial charge in [-0.05, 0) is 44.1 Å². The van der Waals surface area contributed by atoms with Crippen molar-refractivity contribution in [3.05, 3.63) is 10.6 Å². The molecule has 3 rings (SSSR count). The van der Waals surface area contributed by atoms with Gasteiger partial charge in [0.1, 0.15) is 5.78 Å². The van der Waals surface area contributed by atoms with Crippen molar-refractivity contribution < 1.29 is 18.3 Å². The minimum atomic E-state index is -2.46. The van der Waals surface area contributed by atoms with E-state index in [1.165, 1.54) is 48.3 Å². The van der Waals surface area contributed by atoms with Crippen molar-refractivity contribution in [3.8, 4) is 5.19 Å². The second kappa shape index (κ2) is 9.92. The lowest BCUT2D eigenvalue weighted by atomic mass is 9.78. The van der Waals surface area contributed by atoms with E-state index < -0.39 is 13.0 Å². The van der Waals surface area contributed by atoms with Crippen molar-refractivity contribution in [2.45, 2.75) is 71.3 Å². The smallest absolute Gasteiger partial charge is 0.273 e. The molecule has 1 fully saturated rings. The quantitative estimate of drug-likeness (QED) is 0.602. The van der Waals surface area contributed by atoms with Gasteiger partial charge in [0.2, 0.25) is 0 Å². The Labute approximate surface area is 164 Å². The van der Waals surface area contributed by atoms with E-state index in [1.807, 2.05) is 6.92 Å². The maximum atomic E-state index is 12.3. The Kier molecular flexibility index (Phi) is 7.58. The highest BCUT2D eigenvalue weighted by Gasteiger charge is 2.25. The Morgan fingerprint density at radius 1 is 1.30 bits per heavy atom. The number of halogens is 2. The first-order valence-electron chi connectivity index (χ1n) is 10.2. The Morgan fingerprint density at radius 3 is 2.74 bits per heavy atom. The second-order valence-electron chi connectivity index (χ2n) is 7.85. The van der Waals surface area contributed by atoms with Crippen LogP contribution < -0.4 is 4.74 Å². The molecule has 0 unspecified atom stereocenters. The van der Waals surface area contributed by atoms with E-state index in [4.69, 9.17) is 4.74 Å². The first-order valence-corrected chi connectivity index (χ1v) is 11.0. The minimum Gasteiger partial charge on any atom is -0.464 e. The van der Waals surface area contributed by atoms with E-state index in [2.05, 4.69) is 9.88 Å². The molecule has 1 aromatic rings. The number of fused-ring (bicyclic) bond motifs is 1. The SMILES string of the molecule is CCC(=O)CC1CCC(CCN2CCc3sc(OCC(F)F)nc3C2)CC1. The lowest BCUT2D eigenvalue weighted by Crippen LogP contribution is -2.32. The van der Waals surface area contributed by atoms with Crippen LogP contribution in [0.1, 0.15) is 62.4 Å². The number of hydrogen-bond donors (Lipinski definition) is 0. The summed E-state index contributed by atoms with van der Waals surface area (Å²) >= 11 is 1.41. The van der Waals surface area contributed by atoms with Crippen molar-refractivity contribution in [1.29, 1.82) is 0 Å². The monoisotopic (exact) mass is 400 g/mol. The summed E-state index contributed by atoms with van der Waals surface area (Å²) in [4.78, 5) is 19.6. The van der Waals surface area contributed by atoms with Crippen molar-refractivity contribution >= 4 is 17.1 Å². The van der Waals surface area contributed by atoms with Crippen LogP contribution in [0.25, 0.3) is 0 Å². The number of thiazole rings is 1. The molecule has 0 N–H and O–H groups in total. The van der Waals surface area contributed by atoms with E-state index in [9.17, 15) is 13.6 Å². The van der Waals surface area contributed by atoms with Gasteiger partial charge in [-0.25, -0.2) is 13.8 Å². The number of nitrogens with zero attached hydrogens (tertiary/aromatic N) is 2. The average molecular weight is 401 g/mol. The van der Waals surface area contributed by atoms with Crippen LogP contribution in [0.15, 0.2) is 0 Å². The third kappa shape index (κ3) is 6.21. The molecule has 4 nitrogen and oxygen atoms in total. The van der Waals surface area contributed by atoms with Gasteiger partial charge in [0.15, 0.2) is 6.61 Å². The van der Waals surface area contributed by atoms with Gasteiger partial charge in [0.05, 0.1) is 5.69 Å². The van der Waals surface area contributed by atoms with Gasteiger partial charge < -0.3 is 4.74 Å². The van der Waals surface area contributed by atoms with Gasteiger partial charge in [0.25, 0.3) is 11.6 Å². The normalized spacial score (nSPS) is 23.4. The van der Waals surface area contributed by atoms with Crippen LogP contribution in [-0.4, -0.2) is 41.8 Å². The number of carbonyl (C=O) groups excluding carboxylic acids is 1. The number of alkyl halides is 2. The van der Waals surface area contributed by atoms with E-state index in [0.717, 1.165) is 44.1 Å².